The fourth-order valence-electron chi connectivity index (χ4n) is 2.78. The van der Waals surface area contributed by atoms with Crippen LogP contribution in [0.25, 0.3) is 0 Å². The van der Waals surface area contributed by atoms with Crippen molar-refractivity contribution in [3.63, 3.8) is 0 Å². The Morgan fingerprint density at radius 2 is 2.14 bits per heavy atom. The van der Waals surface area contributed by atoms with Crippen molar-refractivity contribution in [1.29, 1.82) is 0 Å². The largest absolute Gasteiger partial charge is 0.476 e. The summed E-state index contributed by atoms with van der Waals surface area (Å²) in [5.41, 5.74) is 6.82. The molecule has 118 valence electrons. The number of nitrogens with two attached hydrogens (primary N) is 1. The highest BCUT2D eigenvalue weighted by Crippen LogP contribution is 2.30. The van der Waals surface area contributed by atoms with Crippen molar-refractivity contribution in [1.82, 2.24) is 14.9 Å². The summed E-state index contributed by atoms with van der Waals surface area (Å²) in [4.78, 5) is 13.3. The van der Waals surface area contributed by atoms with E-state index in [1.165, 1.54) is 0 Å². The Morgan fingerprint density at radius 1 is 1.33 bits per heavy atom. The first-order chi connectivity index (χ1) is 10.2. The molecule has 2 rings (SSSR count). The van der Waals surface area contributed by atoms with Crippen molar-refractivity contribution in [2.45, 2.75) is 39.2 Å². The topological polar surface area (TPSA) is 67.5 Å². The van der Waals surface area contributed by atoms with E-state index in [-0.39, 0.29) is 0 Å². The molecule has 0 radical (unpaired) electrons. The number of hydrogen-bond donors (Lipinski definition) is 1. The molecule has 1 aliphatic rings. The van der Waals surface area contributed by atoms with Crippen LogP contribution in [0, 0.1) is 0 Å². The van der Waals surface area contributed by atoms with E-state index in [4.69, 9.17) is 10.5 Å². The fraction of sp³-hybridized carbons (Fsp3) is 0.733. The maximum Gasteiger partial charge on any atom is 0.242 e. The van der Waals surface area contributed by atoms with Crippen molar-refractivity contribution in [3.8, 4) is 5.88 Å². The molecule has 1 aromatic rings. The Hall–Kier alpha value is -1.56. The molecule has 0 aliphatic carbocycles. The number of ether oxygens (including phenoxy) is 1. The smallest absolute Gasteiger partial charge is 0.242 e. The Bertz CT molecular complexity index is 454. The minimum Gasteiger partial charge on any atom is -0.476 e. The third kappa shape index (κ3) is 3.75. The van der Waals surface area contributed by atoms with Crippen LogP contribution < -0.4 is 15.4 Å². The summed E-state index contributed by atoms with van der Waals surface area (Å²) >= 11 is 0. The average molecular weight is 293 g/mol. The van der Waals surface area contributed by atoms with Gasteiger partial charge in [0.15, 0.2) is 5.82 Å². The predicted octanol–water partition coefficient (Wildman–Crippen LogP) is 1.77. The maximum absolute atomic E-state index is 6.25. The van der Waals surface area contributed by atoms with Crippen molar-refractivity contribution in [3.05, 3.63) is 6.33 Å². The Labute approximate surface area is 127 Å². The van der Waals surface area contributed by atoms with Gasteiger partial charge in [-0.25, -0.2) is 4.98 Å². The minimum atomic E-state index is 0.425. The van der Waals surface area contributed by atoms with Crippen LogP contribution in [-0.4, -0.2) is 54.2 Å². The number of nitrogens with zero attached hydrogens (tertiary/aromatic N) is 4. The molecule has 1 saturated heterocycles. The molecule has 0 bridgehead atoms. The maximum atomic E-state index is 6.25. The molecular formula is C15H27N5O. The first-order valence-electron chi connectivity index (χ1n) is 7.85. The van der Waals surface area contributed by atoms with E-state index < -0.39 is 0 Å². The molecule has 2 N–H and O–H groups in total. The average Bonchev–Trinajstić information content (AvgIpc) is 2.67. The molecule has 1 atom stereocenters. The lowest BCUT2D eigenvalue weighted by molar-refractivity contribution is 0.306. The molecule has 0 saturated carbocycles. The van der Waals surface area contributed by atoms with Crippen LogP contribution in [0.15, 0.2) is 6.33 Å². The number of rotatable bonds is 5. The van der Waals surface area contributed by atoms with Gasteiger partial charge in [0, 0.05) is 19.1 Å². The second-order valence-corrected chi connectivity index (χ2v) is 5.64. The summed E-state index contributed by atoms with van der Waals surface area (Å²) in [7, 11) is 2.17. The van der Waals surface area contributed by atoms with E-state index in [1.54, 1.807) is 6.33 Å². The van der Waals surface area contributed by atoms with Gasteiger partial charge in [0.2, 0.25) is 5.88 Å². The molecule has 21 heavy (non-hydrogen) atoms. The lowest BCUT2D eigenvalue weighted by atomic mass is 10.2. The van der Waals surface area contributed by atoms with E-state index in [9.17, 15) is 0 Å². The van der Waals surface area contributed by atoms with E-state index in [0.717, 1.165) is 44.7 Å². The van der Waals surface area contributed by atoms with Gasteiger partial charge >= 0.3 is 0 Å². The fourth-order valence-corrected chi connectivity index (χ4v) is 2.78. The molecule has 0 aromatic carbocycles. The molecule has 6 heteroatoms. The van der Waals surface area contributed by atoms with E-state index >= 15 is 0 Å². The molecule has 1 fully saturated rings. The minimum absolute atomic E-state index is 0.425. The number of aromatic nitrogens is 2. The molecule has 6 nitrogen and oxygen atoms in total. The van der Waals surface area contributed by atoms with Gasteiger partial charge < -0.3 is 20.3 Å². The lowest BCUT2D eigenvalue weighted by Crippen LogP contribution is -2.40. The summed E-state index contributed by atoms with van der Waals surface area (Å²) in [5, 5.41) is 0. The standard InChI is InChI=1S/C15H27N5O/c1-4-9-21-15-13(16)14(17-11-18-15)20-8-6-7-19(3)10-12(20)5-2/h11-12H,4-10,16H2,1-3H3. The highest BCUT2D eigenvalue weighted by molar-refractivity contribution is 5.68. The van der Waals surface area contributed by atoms with Gasteiger partial charge in [-0.3, -0.25) is 0 Å². The normalized spacial score (nSPS) is 20.3. The number of hydrogen-bond acceptors (Lipinski definition) is 6. The number of nitrogen functional groups attached to an aromatic ring is 1. The third-order valence-electron chi connectivity index (χ3n) is 3.91. The second-order valence-electron chi connectivity index (χ2n) is 5.64. The lowest BCUT2D eigenvalue weighted by Gasteiger charge is -2.32. The molecule has 1 aliphatic heterocycles. The van der Waals surface area contributed by atoms with Gasteiger partial charge in [-0.1, -0.05) is 13.8 Å². The summed E-state index contributed by atoms with van der Waals surface area (Å²) in [6.07, 6.45) is 4.67. The van der Waals surface area contributed by atoms with Crippen LogP contribution in [0.5, 0.6) is 5.88 Å². The summed E-state index contributed by atoms with van der Waals surface area (Å²) in [6.45, 7) is 8.01. The summed E-state index contributed by atoms with van der Waals surface area (Å²) < 4.78 is 5.63. The summed E-state index contributed by atoms with van der Waals surface area (Å²) in [6, 6.07) is 0.425. The predicted molar refractivity (Wildman–Crippen MR) is 85.8 cm³/mol. The summed E-state index contributed by atoms with van der Waals surface area (Å²) in [5.74, 6) is 1.33. The molecule has 0 amide bonds. The molecular weight excluding hydrogens is 266 g/mol. The monoisotopic (exact) mass is 293 g/mol. The molecule has 1 aromatic heterocycles. The number of likely N-dealkylation sites (N-methyl/N-ethyl adjacent to an activating group) is 1. The first-order valence-corrected chi connectivity index (χ1v) is 7.85. The third-order valence-corrected chi connectivity index (χ3v) is 3.91. The Kier molecular flexibility index (Phi) is 5.61. The zero-order valence-corrected chi connectivity index (χ0v) is 13.4. The van der Waals surface area contributed by atoms with Crippen LogP contribution in [-0.2, 0) is 0 Å². The number of anilines is 2. The quantitative estimate of drug-likeness (QED) is 0.892. The highest BCUT2D eigenvalue weighted by Gasteiger charge is 2.26. The van der Waals surface area contributed by atoms with Crippen molar-refractivity contribution < 1.29 is 4.74 Å². The van der Waals surface area contributed by atoms with E-state index in [2.05, 4.69) is 40.7 Å². The van der Waals surface area contributed by atoms with Gasteiger partial charge in [0.1, 0.15) is 12.0 Å². The van der Waals surface area contributed by atoms with E-state index in [1.807, 2.05) is 0 Å². The van der Waals surface area contributed by atoms with Gasteiger partial charge in [0.25, 0.3) is 0 Å². The van der Waals surface area contributed by atoms with Crippen molar-refractivity contribution >= 4 is 11.5 Å². The van der Waals surface area contributed by atoms with Crippen LogP contribution in [0.1, 0.15) is 33.1 Å². The van der Waals surface area contributed by atoms with Gasteiger partial charge in [-0.2, -0.15) is 4.98 Å². The van der Waals surface area contributed by atoms with E-state index in [0.29, 0.717) is 24.2 Å². The van der Waals surface area contributed by atoms with Crippen LogP contribution >= 0.6 is 0 Å². The highest BCUT2D eigenvalue weighted by atomic mass is 16.5. The van der Waals surface area contributed by atoms with Crippen molar-refractivity contribution in [2.24, 2.45) is 0 Å². The zero-order valence-electron chi connectivity index (χ0n) is 13.4. The SMILES string of the molecule is CCCOc1ncnc(N2CCCN(C)CC2CC)c1N. The van der Waals surface area contributed by atoms with Gasteiger partial charge in [0.05, 0.1) is 6.61 Å². The first kappa shape index (κ1) is 15.8. The van der Waals surface area contributed by atoms with Crippen LogP contribution in [0.3, 0.4) is 0 Å². The van der Waals surface area contributed by atoms with Gasteiger partial charge in [-0.15, -0.1) is 0 Å². The van der Waals surface area contributed by atoms with Gasteiger partial charge in [-0.05, 0) is 32.9 Å². The van der Waals surface area contributed by atoms with Crippen molar-refractivity contribution in [2.75, 3.05) is 43.9 Å². The van der Waals surface area contributed by atoms with Crippen LogP contribution in [0.2, 0.25) is 0 Å². The molecule has 1 unspecified atom stereocenters. The Morgan fingerprint density at radius 3 is 2.86 bits per heavy atom. The molecule has 2 heterocycles. The second kappa shape index (κ2) is 7.45. The molecule has 0 spiro atoms. The Balaban J connectivity index is 2.26. The van der Waals surface area contributed by atoms with Crippen LogP contribution in [0.4, 0.5) is 11.5 Å². The zero-order chi connectivity index (χ0) is 15.2.